The zero-order valence-corrected chi connectivity index (χ0v) is 12.8. The number of rotatable bonds is 7. The molecular formula is C14H25N5O2. The summed E-state index contributed by atoms with van der Waals surface area (Å²) in [6.45, 7) is 7.66. The summed E-state index contributed by atoms with van der Waals surface area (Å²) in [7, 11) is 0. The summed E-state index contributed by atoms with van der Waals surface area (Å²) in [5.41, 5.74) is 2.59. The minimum absolute atomic E-state index is 0.364. The molecule has 1 aliphatic rings. The number of nitrogens with two attached hydrogens (primary N) is 1. The van der Waals surface area contributed by atoms with Crippen molar-refractivity contribution in [1.82, 2.24) is 9.97 Å². The first-order valence-corrected chi connectivity index (χ1v) is 7.55. The molecule has 2 rings (SSSR count). The Balaban J connectivity index is 2.04. The number of anilines is 2. The average molecular weight is 295 g/mol. The zero-order valence-electron chi connectivity index (χ0n) is 12.8. The third kappa shape index (κ3) is 4.52. The van der Waals surface area contributed by atoms with Gasteiger partial charge in [0.2, 0.25) is 0 Å². The van der Waals surface area contributed by atoms with Crippen molar-refractivity contribution in [3.05, 3.63) is 11.9 Å². The molecule has 3 N–H and O–H groups in total. The highest BCUT2D eigenvalue weighted by molar-refractivity contribution is 5.49. The topological polar surface area (TPSA) is 85.5 Å². The van der Waals surface area contributed by atoms with Gasteiger partial charge in [0.1, 0.15) is 18.2 Å². The average Bonchev–Trinajstić information content (AvgIpc) is 2.53. The summed E-state index contributed by atoms with van der Waals surface area (Å²) < 4.78 is 11.1. The van der Waals surface area contributed by atoms with E-state index in [9.17, 15) is 0 Å². The Hall–Kier alpha value is -1.44. The van der Waals surface area contributed by atoms with Crippen molar-refractivity contribution >= 4 is 11.6 Å². The molecule has 0 bridgehead atoms. The van der Waals surface area contributed by atoms with E-state index in [0.29, 0.717) is 31.0 Å². The van der Waals surface area contributed by atoms with E-state index >= 15 is 0 Å². The summed E-state index contributed by atoms with van der Waals surface area (Å²) in [4.78, 5) is 11.1. The molecule has 0 aromatic carbocycles. The van der Waals surface area contributed by atoms with Crippen LogP contribution in [0.3, 0.4) is 0 Å². The lowest BCUT2D eigenvalue weighted by molar-refractivity contribution is 0.0458. The number of nitrogens with one attached hydrogen (secondary N) is 1. The SMILES string of the molecule is CCOCc1nc(NN)cc(N2CCC(OCC)CC2)n1. The van der Waals surface area contributed by atoms with Crippen LogP contribution in [0.1, 0.15) is 32.5 Å². The van der Waals surface area contributed by atoms with Crippen LogP contribution in [0.4, 0.5) is 11.6 Å². The van der Waals surface area contributed by atoms with Gasteiger partial charge in [0.25, 0.3) is 0 Å². The Morgan fingerprint density at radius 1 is 1.29 bits per heavy atom. The third-order valence-electron chi connectivity index (χ3n) is 3.51. The summed E-state index contributed by atoms with van der Waals surface area (Å²) in [6, 6.07) is 1.87. The highest BCUT2D eigenvalue weighted by Gasteiger charge is 2.21. The number of aromatic nitrogens is 2. The maximum Gasteiger partial charge on any atom is 0.158 e. The molecule has 0 spiro atoms. The maximum absolute atomic E-state index is 5.68. The number of hydrazine groups is 1. The molecule has 0 amide bonds. The van der Waals surface area contributed by atoms with Gasteiger partial charge in [0.15, 0.2) is 5.82 Å². The second kappa shape index (κ2) is 8.11. The fourth-order valence-electron chi connectivity index (χ4n) is 2.46. The van der Waals surface area contributed by atoms with Gasteiger partial charge in [-0.15, -0.1) is 0 Å². The van der Waals surface area contributed by atoms with E-state index in [-0.39, 0.29) is 0 Å². The lowest BCUT2D eigenvalue weighted by atomic mass is 10.1. The molecule has 0 saturated carbocycles. The Kier molecular flexibility index (Phi) is 6.16. The molecule has 0 unspecified atom stereocenters. The molecule has 1 aromatic rings. The van der Waals surface area contributed by atoms with Crippen molar-refractivity contribution in [3.8, 4) is 0 Å². The van der Waals surface area contributed by atoms with Gasteiger partial charge < -0.3 is 19.8 Å². The van der Waals surface area contributed by atoms with Gasteiger partial charge in [0, 0.05) is 32.4 Å². The largest absolute Gasteiger partial charge is 0.378 e. The predicted octanol–water partition coefficient (Wildman–Crippen LogP) is 1.30. The van der Waals surface area contributed by atoms with Crippen LogP contribution >= 0.6 is 0 Å². The van der Waals surface area contributed by atoms with Crippen molar-refractivity contribution in [1.29, 1.82) is 0 Å². The number of hydrogen-bond acceptors (Lipinski definition) is 7. The summed E-state index contributed by atoms with van der Waals surface area (Å²) >= 11 is 0. The fourth-order valence-corrected chi connectivity index (χ4v) is 2.46. The molecule has 118 valence electrons. The molecule has 0 aliphatic carbocycles. The van der Waals surface area contributed by atoms with Crippen LogP contribution in [-0.2, 0) is 16.1 Å². The molecule has 0 radical (unpaired) electrons. The van der Waals surface area contributed by atoms with Gasteiger partial charge in [-0.1, -0.05) is 0 Å². The van der Waals surface area contributed by atoms with Crippen LogP contribution in [-0.4, -0.2) is 42.4 Å². The van der Waals surface area contributed by atoms with Gasteiger partial charge in [-0.25, -0.2) is 15.8 Å². The minimum atomic E-state index is 0.364. The number of hydrogen-bond donors (Lipinski definition) is 2. The predicted molar refractivity (Wildman–Crippen MR) is 82.0 cm³/mol. The first kappa shape index (κ1) is 15.9. The number of nitrogen functional groups attached to an aromatic ring is 1. The Bertz CT molecular complexity index is 435. The second-order valence-electron chi connectivity index (χ2n) is 4.95. The lowest BCUT2D eigenvalue weighted by Gasteiger charge is -2.32. The summed E-state index contributed by atoms with van der Waals surface area (Å²) in [5.74, 6) is 7.64. The molecule has 0 atom stereocenters. The van der Waals surface area contributed by atoms with Gasteiger partial charge in [0.05, 0.1) is 6.10 Å². The fraction of sp³-hybridized carbons (Fsp3) is 0.714. The Labute approximate surface area is 125 Å². The van der Waals surface area contributed by atoms with E-state index in [1.165, 1.54) is 0 Å². The maximum atomic E-state index is 5.68. The lowest BCUT2D eigenvalue weighted by Crippen LogP contribution is -2.37. The number of nitrogens with zero attached hydrogens (tertiary/aromatic N) is 3. The minimum Gasteiger partial charge on any atom is -0.378 e. The monoisotopic (exact) mass is 295 g/mol. The van der Waals surface area contributed by atoms with Crippen molar-refractivity contribution in [3.63, 3.8) is 0 Å². The zero-order chi connectivity index (χ0) is 15.1. The van der Waals surface area contributed by atoms with Crippen LogP contribution in [0.5, 0.6) is 0 Å². The molecule has 21 heavy (non-hydrogen) atoms. The van der Waals surface area contributed by atoms with Gasteiger partial charge >= 0.3 is 0 Å². The molecule has 1 fully saturated rings. The van der Waals surface area contributed by atoms with Gasteiger partial charge in [-0.2, -0.15) is 0 Å². The van der Waals surface area contributed by atoms with Crippen LogP contribution in [0.15, 0.2) is 6.07 Å². The van der Waals surface area contributed by atoms with E-state index in [2.05, 4.69) is 20.3 Å². The molecule has 1 saturated heterocycles. The number of piperidine rings is 1. The van der Waals surface area contributed by atoms with Crippen molar-refractivity contribution < 1.29 is 9.47 Å². The third-order valence-corrected chi connectivity index (χ3v) is 3.51. The molecule has 1 aromatic heterocycles. The first-order valence-electron chi connectivity index (χ1n) is 7.55. The Morgan fingerprint density at radius 3 is 2.67 bits per heavy atom. The van der Waals surface area contributed by atoms with E-state index in [1.54, 1.807) is 0 Å². The van der Waals surface area contributed by atoms with E-state index < -0.39 is 0 Å². The first-order chi connectivity index (χ1) is 10.3. The number of ether oxygens (including phenoxy) is 2. The Morgan fingerprint density at radius 2 is 2.05 bits per heavy atom. The van der Waals surface area contributed by atoms with Crippen LogP contribution in [0.2, 0.25) is 0 Å². The molecule has 2 heterocycles. The second-order valence-corrected chi connectivity index (χ2v) is 4.95. The van der Waals surface area contributed by atoms with Crippen LogP contribution in [0.25, 0.3) is 0 Å². The van der Waals surface area contributed by atoms with E-state index in [1.807, 2.05) is 19.9 Å². The van der Waals surface area contributed by atoms with Crippen LogP contribution in [0, 0.1) is 0 Å². The standard InChI is InChI=1S/C14H25N5O2/c1-3-20-10-13-16-12(18-15)9-14(17-13)19-7-5-11(6-8-19)21-4-2/h9,11H,3-8,10,15H2,1-2H3,(H,16,17,18). The molecular weight excluding hydrogens is 270 g/mol. The molecule has 1 aliphatic heterocycles. The molecule has 7 heteroatoms. The summed E-state index contributed by atoms with van der Waals surface area (Å²) in [5, 5.41) is 0. The highest BCUT2D eigenvalue weighted by atomic mass is 16.5. The van der Waals surface area contributed by atoms with Crippen molar-refractivity contribution in [2.24, 2.45) is 5.84 Å². The molecule has 7 nitrogen and oxygen atoms in total. The van der Waals surface area contributed by atoms with Crippen LogP contribution < -0.4 is 16.2 Å². The highest BCUT2D eigenvalue weighted by Crippen LogP contribution is 2.22. The quantitative estimate of drug-likeness (QED) is 0.579. The summed E-state index contributed by atoms with van der Waals surface area (Å²) in [6.07, 6.45) is 2.40. The van der Waals surface area contributed by atoms with Crippen molar-refractivity contribution in [2.45, 2.75) is 39.4 Å². The van der Waals surface area contributed by atoms with E-state index in [0.717, 1.165) is 38.4 Å². The van der Waals surface area contributed by atoms with Gasteiger partial charge in [-0.05, 0) is 26.7 Å². The smallest absolute Gasteiger partial charge is 0.158 e. The van der Waals surface area contributed by atoms with Crippen molar-refractivity contribution in [2.75, 3.05) is 36.6 Å². The van der Waals surface area contributed by atoms with Gasteiger partial charge in [-0.3, -0.25) is 0 Å². The van der Waals surface area contributed by atoms with E-state index in [4.69, 9.17) is 15.3 Å². The normalized spacial score (nSPS) is 16.2.